The maximum atomic E-state index is 12.4. The fourth-order valence-corrected chi connectivity index (χ4v) is 5.60. The molecule has 0 aromatic carbocycles. The lowest BCUT2D eigenvalue weighted by Crippen LogP contribution is -2.45. The van der Waals surface area contributed by atoms with Gasteiger partial charge < -0.3 is 10.6 Å². The molecule has 6 nitrogen and oxygen atoms in total. The topological polar surface area (TPSA) is 73.8 Å². The monoisotopic (exact) mass is 376 g/mol. The van der Waals surface area contributed by atoms with Gasteiger partial charge in [-0.25, -0.2) is 12.7 Å². The minimum atomic E-state index is -3.18. The molecule has 2 aliphatic rings. The smallest absolute Gasteiger partial charge is 0.215 e. The largest absolute Gasteiger partial charge is 0.357 e. The first-order valence-electron chi connectivity index (χ1n) is 9.11. The summed E-state index contributed by atoms with van der Waals surface area (Å²) in [5, 5.41) is 6.70. The zero-order chi connectivity index (χ0) is 17.4. The molecule has 2 N–H and O–H groups in total. The Labute approximate surface area is 151 Å². The van der Waals surface area contributed by atoms with Crippen LogP contribution in [0.2, 0.25) is 0 Å². The number of sulfonamides is 1. The van der Waals surface area contributed by atoms with Crippen LogP contribution < -0.4 is 10.6 Å². The third kappa shape index (κ3) is 6.44. The molecule has 0 aromatic rings. The summed E-state index contributed by atoms with van der Waals surface area (Å²) >= 11 is 1.82. The summed E-state index contributed by atoms with van der Waals surface area (Å²) in [6, 6.07) is 0.453. The normalized spacial score (nSPS) is 27.0. The molecule has 2 rings (SSSR count). The Kier molecular flexibility index (Phi) is 8.16. The molecule has 1 saturated heterocycles. The number of nitrogens with one attached hydrogen (secondary N) is 2. The molecule has 0 spiro atoms. The van der Waals surface area contributed by atoms with E-state index in [0.717, 1.165) is 42.8 Å². The maximum absolute atomic E-state index is 12.4. The third-order valence-electron chi connectivity index (χ3n) is 4.68. The maximum Gasteiger partial charge on any atom is 0.215 e. The highest BCUT2D eigenvalue weighted by Gasteiger charge is 2.24. The highest BCUT2D eigenvalue weighted by atomic mass is 32.2. The van der Waals surface area contributed by atoms with Crippen LogP contribution in [0.25, 0.3) is 0 Å². The van der Waals surface area contributed by atoms with Gasteiger partial charge in [-0.2, -0.15) is 11.8 Å². The summed E-state index contributed by atoms with van der Waals surface area (Å²) in [7, 11) is -3.18. The fourth-order valence-electron chi connectivity index (χ4n) is 3.14. The number of thioether (sulfide) groups is 1. The molecule has 140 valence electrons. The predicted molar refractivity (Wildman–Crippen MR) is 103 cm³/mol. The summed E-state index contributed by atoms with van der Waals surface area (Å²) in [4.78, 5) is 4.49. The van der Waals surface area contributed by atoms with Gasteiger partial charge in [0, 0.05) is 37.2 Å². The van der Waals surface area contributed by atoms with E-state index in [9.17, 15) is 8.42 Å². The van der Waals surface area contributed by atoms with Crippen LogP contribution in [0.3, 0.4) is 0 Å². The van der Waals surface area contributed by atoms with Crippen molar-refractivity contribution in [1.82, 2.24) is 14.9 Å². The number of guanidine groups is 1. The molecular weight excluding hydrogens is 344 g/mol. The molecular formula is C16H32N4O2S2. The predicted octanol–water partition coefficient (Wildman–Crippen LogP) is 1.50. The molecule has 0 atom stereocenters. The van der Waals surface area contributed by atoms with Gasteiger partial charge in [0.1, 0.15) is 0 Å². The first kappa shape index (κ1) is 19.8. The standard InChI is InChI=1S/C16H32N4O2S2/c1-3-17-16(19-15-6-4-14(2)5-7-15)18-8-13-24(21,22)20-9-11-23-12-10-20/h14-15H,3-13H2,1-2H3,(H2,17,18,19). The van der Waals surface area contributed by atoms with E-state index in [4.69, 9.17) is 0 Å². The van der Waals surface area contributed by atoms with Gasteiger partial charge in [-0.3, -0.25) is 4.99 Å². The second kappa shape index (κ2) is 9.87. The van der Waals surface area contributed by atoms with E-state index >= 15 is 0 Å². The molecule has 2 fully saturated rings. The first-order chi connectivity index (χ1) is 11.5. The van der Waals surface area contributed by atoms with E-state index in [1.165, 1.54) is 12.8 Å². The van der Waals surface area contributed by atoms with Gasteiger partial charge in [0.05, 0.1) is 12.3 Å². The van der Waals surface area contributed by atoms with E-state index in [0.29, 0.717) is 25.7 Å². The summed E-state index contributed by atoms with van der Waals surface area (Å²) in [6.07, 6.45) is 4.82. The summed E-state index contributed by atoms with van der Waals surface area (Å²) in [6.45, 7) is 6.70. The van der Waals surface area contributed by atoms with E-state index in [1.54, 1.807) is 4.31 Å². The Hall–Kier alpha value is -0.470. The van der Waals surface area contributed by atoms with Crippen molar-refractivity contribution >= 4 is 27.7 Å². The Balaban J connectivity index is 1.83. The van der Waals surface area contributed by atoms with Crippen LogP contribution >= 0.6 is 11.8 Å². The number of hydrogen-bond donors (Lipinski definition) is 2. The molecule has 8 heteroatoms. The number of rotatable bonds is 6. The van der Waals surface area contributed by atoms with Crippen LogP contribution in [0, 0.1) is 5.92 Å². The molecule has 0 amide bonds. The van der Waals surface area contributed by atoms with Crippen LogP contribution in [0.5, 0.6) is 0 Å². The van der Waals surface area contributed by atoms with Gasteiger partial charge >= 0.3 is 0 Å². The molecule has 1 aliphatic carbocycles. The van der Waals surface area contributed by atoms with Gasteiger partial charge in [-0.1, -0.05) is 6.92 Å². The Morgan fingerprint density at radius 1 is 1.21 bits per heavy atom. The highest BCUT2D eigenvalue weighted by Crippen LogP contribution is 2.23. The van der Waals surface area contributed by atoms with Gasteiger partial charge in [-0.05, 0) is 38.5 Å². The molecule has 0 aromatic heterocycles. The van der Waals surface area contributed by atoms with Gasteiger partial charge in [-0.15, -0.1) is 0 Å². The molecule has 0 bridgehead atoms. The molecule has 0 unspecified atom stereocenters. The highest BCUT2D eigenvalue weighted by molar-refractivity contribution is 7.99. The lowest BCUT2D eigenvalue weighted by atomic mass is 9.87. The SMILES string of the molecule is CCNC(=NCCS(=O)(=O)N1CCSCC1)NC1CCC(C)CC1. The van der Waals surface area contributed by atoms with Gasteiger partial charge in [0.15, 0.2) is 5.96 Å². The first-order valence-corrected chi connectivity index (χ1v) is 11.9. The number of hydrogen-bond acceptors (Lipinski definition) is 4. The van der Waals surface area contributed by atoms with Crippen LogP contribution in [0.1, 0.15) is 39.5 Å². The van der Waals surface area contributed by atoms with Gasteiger partial charge in [0.25, 0.3) is 0 Å². The van der Waals surface area contributed by atoms with Gasteiger partial charge in [0.2, 0.25) is 10.0 Å². The zero-order valence-corrected chi connectivity index (χ0v) is 16.6. The lowest BCUT2D eigenvalue weighted by Gasteiger charge is -2.28. The second-order valence-corrected chi connectivity index (χ2v) is 10.0. The van der Waals surface area contributed by atoms with E-state index in [1.807, 2.05) is 18.7 Å². The lowest BCUT2D eigenvalue weighted by molar-refractivity contribution is 0.329. The molecule has 24 heavy (non-hydrogen) atoms. The minimum Gasteiger partial charge on any atom is -0.357 e. The second-order valence-electron chi connectivity index (χ2n) is 6.69. The van der Waals surface area contributed by atoms with Crippen molar-refractivity contribution in [2.24, 2.45) is 10.9 Å². The van der Waals surface area contributed by atoms with Crippen molar-refractivity contribution in [1.29, 1.82) is 0 Å². The van der Waals surface area contributed by atoms with Crippen LogP contribution in [0.4, 0.5) is 0 Å². The molecule has 1 heterocycles. The summed E-state index contributed by atoms with van der Waals surface area (Å²) < 4.78 is 26.3. The van der Waals surface area contributed by atoms with Crippen LogP contribution in [-0.4, -0.2) is 68.2 Å². The van der Waals surface area contributed by atoms with Crippen molar-refractivity contribution in [3.63, 3.8) is 0 Å². The number of aliphatic imine (C=N–C) groups is 1. The van der Waals surface area contributed by atoms with Crippen molar-refractivity contribution in [3.05, 3.63) is 0 Å². The molecule has 0 radical (unpaired) electrons. The Morgan fingerprint density at radius 3 is 2.50 bits per heavy atom. The quantitative estimate of drug-likeness (QED) is 0.543. The molecule has 1 saturated carbocycles. The zero-order valence-electron chi connectivity index (χ0n) is 15.0. The van der Waals surface area contributed by atoms with Crippen molar-refractivity contribution in [3.8, 4) is 0 Å². The minimum absolute atomic E-state index is 0.0932. The van der Waals surface area contributed by atoms with Crippen LogP contribution in [0.15, 0.2) is 4.99 Å². The Morgan fingerprint density at radius 2 is 1.88 bits per heavy atom. The number of nitrogens with zero attached hydrogens (tertiary/aromatic N) is 2. The fraction of sp³-hybridized carbons (Fsp3) is 0.938. The van der Waals surface area contributed by atoms with Crippen LogP contribution in [-0.2, 0) is 10.0 Å². The third-order valence-corrected chi connectivity index (χ3v) is 7.48. The van der Waals surface area contributed by atoms with Crippen molar-refractivity contribution in [2.45, 2.75) is 45.6 Å². The van der Waals surface area contributed by atoms with Crippen molar-refractivity contribution in [2.75, 3.05) is 43.4 Å². The van der Waals surface area contributed by atoms with E-state index in [-0.39, 0.29) is 5.75 Å². The molecule has 1 aliphatic heterocycles. The average Bonchev–Trinajstić information content (AvgIpc) is 2.58. The average molecular weight is 377 g/mol. The van der Waals surface area contributed by atoms with E-state index < -0.39 is 10.0 Å². The van der Waals surface area contributed by atoms with E-state index in [2.05, 4.69) is 22.5 Å². The summed E-state index contributed by atoms with van der Waals surface area (Å²) in [5.74, 6) is 3.45. The van der Waals surface area contributed by atoms with Crippen molar-refractivity contribution < 1.29 is 8.42 Å². The summed E-state index contributed by atoms with van der Waals surface area (Å²) in [5.41, 5.74) is 0. The Bertz CT molecular complexity index is 496.